The lowest BCUT2D eigenvalue weighted by molar-refractivity contribution is -0.122. The van der Waals surface area contributed by atoms with Gasteiger partial charge in [-0.15, -0.1) is 0 Å². The summed E-state index contributed by atoms with van der Waals surface area (Å²) in [4.78, 5) is 24.4. The molecule has 0 atom stereocenters. The summed E-state index contributed by atoms with van der Waals surface area (Å²) in [6.07, 6.45) is 11.8. The van der Waals surface area contributed by atoms with Crippen LogP contribution in [0, 0.1) is 5.92 Å². The van der Waals surface area contributed by atoms with Gasteiger partial charge in [0.05, 0.1) is 11.7 Å². The molecule has 0 aliphatic heterocycles. The van der Waals surface area contributed by atoms with E-state index < -0.39 is 0 Å². The highest BCUT2D eigenvalue weighted by Gasteiger charge is 2.29. The fourth-order valence-corrected chi connectivity index (χ4v) is 4.53. The van der Waals surface area contributed by atoms with Gasteiger partial charge in [-0.05, 0) is 63.4 Å². The zero-order valence-corrected chi connectivity index (χ0v) is 15.0. The van der Waals surface area contributed by atoms with Crippen molar-refractivity contribution in [1.82, 2.24) is 15.1 Å². The van der Waals surface area contributed by atoms with E-state index in [0.29, 0.717) is 18.3 Å². The molecule has 0 saturated heterocycles. The van der Waals surface area contributed by atoms with Crippen LogP contribution in [0.15, 0.2) is 16.9 Å². The fourth-order valence-electron chi connectivity index (χ4n) is 4.53. The van der Waals surface area contributed by atoms with E-state index in [2.05, 4.69) is 10.4 Å². The van der Waals surface area contributed by atoms with Gasteiger partial charge in [-0.3, -0.25) is 9.59 Å². The molecular formula is C20H29N3O2. The number of hydrogen-bond acceptors (Lipinski definition) is 3. The molecule has 0 aromatic carbocycles. The van der Waals surface area contributed by atoms with E-state index >= 15 is 0 Å². The lowest BCUT2D eigenvalue weighted by atomic mass is 9.91. The number of nitrogens with zero attached hydrogens (tertiary/aromatic N) is 2. The first kappa shape index (κ1) is 16.8. The molecule has 0 radical (unpaired) electrons. The van der Waals surface area contributed by atoms with Gasteiger partial charge in [0.15, 0.2) is 0 Å². The van der Waals surface area contributed by atoms with Crippen molar-refractivity contribution in [2.75, 3.05) is 0 Å². The summed E-state index contributed by atoms with van der Waals surface area (Å²) in [6.45, 7) is 0. The largest absolute Gasteiger partial charge is 0.353 e. The number of carbonyl (C=O) groups is 1. The third kappa shape index (κ3) is 4.13. The molecule has 0 spiro atoms. The van der Waals surface area contributed by atoms with Crippen molar-refractivity contribution in [3.63, 3.8) is 0 Å². The van der Waals surface area contributed by atoms with Crippen LogP contribution < -0.4 is 10.9 Å². The highest BCUT2D eigenvalue weighted by atomic mass is 16.1. The highest BCUT2D eigenvalue weighted by molar-refractivity contribution is 5.76. The molecule has 4 rings (SSSR count). The minimum absolute atomic E-state index is 0.0121. The Morgan fingerprint density at radius 2 is 1.76 bits per heavy atom. The van der Waals surface area contributed by atoms with Crippen molar-refractivity contribution in [3.05, 3.63) is 28.2 Å². The Kier molecular flexibility index (Phi) is 4.91. The Bertz CT molecular complexity index is 666. The molecule has 1 aromatic rings. The van der Waals surface area contributed by atoms with Gasteiger partial charge in [-0.1, -0.05) is 12.8 Å². The van der Waals surface area contributed by atoms with E-state index in [1.807, 2.05) is 6.07 Å². The molecule has 136 valence electrons. The smallest absolute Gasteiger partial charge is 0.267 e. The van der Waals surface area contributed by atoms with Crippen molar-refractivity contribution in [2.45, 2.75) is 88.6 Å². The Hall–Kier alpha value is -1.65. The summed E-state index contributed by atoms with van der Waals surface area (Å²) in [5.74, 6) is 1.39. The topological polar surface area (TPSA) is 64.0 Å². The zero-order valence-electron chi connectivity index (χ0n) is 15.0. The monoisotopic (exact) mass is 343 g/mol. The van der Waals surface area contributed by atoms with E-state index in [0.717, 1.165) is 31.4 Å². The average Bonchev–Trinajstić information content (AvgIpc) is 3.34. The summed E-state index contributed by atoms with van der Waals surface area (Å²) in [7, 11) is 0. The molecule has 1 amide bonds. The Morgan fingerprint density at radius 1 is 1.04 bits per heavy atom. The fraction of sp³-hybridized carbons (Fsp3) is 0.750. The number of carbonyl (C=O) groups excluding carboxylic acids is 1. The quantitative estimate of drug-likeness (QED) is 0.892. The molecule has 5 heteroatoms. The molecular weight excluding hydrogens is 314 g/mol. The summed E-state index contributed by atoms with van der Waals surface area (Å²) in [6, 6.07) is 4.03. The van der Waals surface area contributed by atoms with Gasteiger partial charge < -0.3 is 5.32 Å². The van der Waals surface area contributed by atoms with Gasteiger partial charge >= 0.3 is 0 Å². The zero-order chi connectivity index (χ0) is 17.2. The Morgan fingerprint density at radius 3 is 2.44 bits per heavy atom. The lowest BCUT2D eigenvalue weighted by Crippen LogP contribution is -2.40. The van der Waals surface area contributed by atoms with Crippen molar-refractivity contribution in [1.29, 1.82) is 0 Å². The van der Waals surface area contributed by atoms with Crippen LogP contribution in [0.4, 0.5) is 0 Å². The van der Waals surface area contributed by atoms with E-state index in [4.69, 9.17) is 0 Å². The van der Waals surface area contributed by atoms with Gasteiger partial charge in [0.2, 0.25) is 5.91 Å². The second-order valence-electron chi connectivity index (χ2n) is 8.24. The molecule has 1 heterocycles. The Balaban J connectivity index is 1.30. The molecule has 3 aliphatic carbocycles. The predicted octanol–water partition coefficient (Wildman–Crippen LogP) is 3.30. The van der Waals surface area contributed by atoms with Gasteiger partial charge in [0.25, 0.3) is 5.56 Å². The van der Waals surface area contributed by atoms with Gasteiger partial charge in [0.1, 0.15) is 0 Å². The highest BCUT2D eigenvalue weighted by Crippen LogP contribution is 2.38. The van der Waals surface area contributed by atoms with Crippen LogP contribution in [0.25, 0.3) is 0 Å². The van der Waals surface area contributed by atoms with Gasteiger partial charge in [0, 0.05) is 24.4 Å². The average molecular weight is 343 g/mol. The third-order valence-electron chi connectivity index (χ3n) is 6.20. The van der Waals surface area contributed by atoms with E-state index in [-0.39, 0.29) is 23.6 Å². The maximum absolute atomic E-state index is 12.2. The first-order valence-corrected chi connectivity index (χ1v) is 10.1. The maximum atomic E-state index is 12.2. The van der Waals surface area contributed by atoms with Gasteiger partial charge in [-0.25, -0.2) is 4.68 Å². The first-order valence-electron chi connectivity index (χ1n) is 10.1. The van der Waals surface area contributed by atoms with Crippen molar-refractivity contribution >= 4 is 5.91 Å². The van der Waals surface area contributed by atoms with Crippen molar-refractivity contribution in [2.24, 2.45) is 5.92 Å². The van der Waals surface area contributed by atoms with Crippen LogP contribution in [0.2, 0.25) is 0 Å². The second kappa shape index (κ2) is 7.30. The molecule has 3 saturated carbocycles. The van der Waals surface area contributed by atoms with E-state index in [9.17, 15) is 9.59 Å². The molecule has 25 heavy (non-hydrogen) atoms. The molecule has 1 N–H and O–H groups in total. The number of aromatic nitrogens is 2. The van der Waals surface area contributed by atoms with E-state index in [1.165, 1.54) is 38.5 Å². The summed E-state index contributed by atoms with van der Waals surface area (Å²) < 4.78 is 1.71. The van der Waals surface area contributed by atoms with Crippen LogP contribution in [0.3, 0.4) is 0 Å². The molecule has 1 aromatic heterocycles. The van der Waals surface area contributed by atoms with Crippen LogP contribution in [0.1, 0.15) is 88.3 Å². The number of rotatable bonds is 5. The third-order valence-corrected chi connectivity index (χ3v) is 6.20. The number of amides is 1. The summed E-state index contributed by atoms with van der Waals surface area (Å²) in [5.41, 5.74) is 1.09. The standard InChI is InChI=1S/C20H29N3O2/c24-19(13-14-3-1-2-4-14)21-16-7-9-17(10-8-16)23-20(25)12-11-18(22-23)15-5-6-15/h11-12,14-17H,1-10,13H2,(H,21,24). The second-order valence-corrected chi connectivity index (χ2v) is 8.24. The molecule has 3 aliphatic rings. The first-order chi connectivity index (χ1) is 12.2. The minimum atomic E-state index is 0.0121. The Labute approximate surface area is 149 Å². The number of hydrogen-bond donors (Lipinski definition) is 1. The van der Waals surface area contributed by atoms with Crippen molar-refractivity contribution < 1.29 is 4.79 Å². The van der Waals surface area contributed by atoms with Crippen LogP contribution in [0.5, 0.6) is 0 Å². The SMILES string of the molecule is O=C(CC1CCCC1)NC1CCC(n2nc(C3CC3)ccc2=O)CC1. The normalized spacial score (nSPS) is 27.4. The molecule has 5 nitrogen and oxygen atoms in total. The van der Waals surface area contributed by atoms with Gasteiger partial charge in [-0.2, -0.15) is 5.10 Å². The lowest BCUT2D eigenvalue weighted by Gasteiger charge is -2.30. The van der Waals surface area contributed by atoms with Crippen LogP contribution >= 0.6 is 0 Å². The molecule has 3 fully saturated rings. The maximum Gasteiger partial charge on any atom is 0.267 e. The van der Waals surface area contributed by atoms with E-state index in [1.54, 1.807) is 10.7 Å². The van der Waals surface area contributed by atoms with Crippen LogP contribution in [-0.4, -0.2) is 21.7 Å². The summed E-state index contributed by atoms with van der Waals surface area (Å²) >= 11 is 0. The minimum Gasteiger partial charge on any atom is -0.353 e. The van der Waals surface area contributed by atoms with Crippen molar-refractivity contribution in [3.8, 4) is 0 Å². The predicted molar refractivity (Wildman–Crippen MR) is 96.5 cm³/mol. The summed E-state index contributed by atoms with van der Waals surface area (Å²) in [5, 5.41) is 7.85. The molecule has 0 bridgehead atoms. The van der Waals surface area contributed by atoms with Crippen LogP contribution in [-0.2, 0) is 4.79 Å². The number of nitrogens with one attached hydrogen (secondary N) is 1. The molecule has 0 unspecified atom stereocenters.